The van der Waals surface area contributed by atoms with Crippen molar-refractivity contribution >= 4 is 15.9 Å². The van der Waals surface area contributed by atoms with Crippen LogP contribution in [0, 0.1) is 6.92 Å². The van der Waals surface area contributed by atoms with Gasteiger partial charge < -0.3 is 10.1 Å². The molecule has 0 bridgehead atoms. The maximum Gasteiger partial charge on any atom is 0.237 e. The van der Waals surface area contributed by atoms with Crippen LogP contribution in [0.15, 0.2) is 35.1 Å². The highest BCUT2D eigenvalue weighted by atomic mass is 79.9. The summed E-state index contributed by atoms with van der Waals surface area (Å²) in [4.78, 5) is 8.60. The molecule has 20 heavy (non-hydrogen) atoms. The highest BCUT2D eigenvalue weighted by molar-refractivity contribution is 9.10. The van der Waals surface area contributed by atoms with Gasteiger partial charge in [0.05, 0.1) is 22.6 Å². The highest BCUT2D eigenvalue weighted by Crippen LogP contribution is 2.29. The minimum Gasteiger partial charge on any atom is -0.436 e. The topological polar surface area (TPSA) is 47.0 Å². The molecular weight excluding hydrogens is 318 g/mol. The van der Waals surface area contributed by atoms with Crippen molar-refractivity contribution in [3.05, 3.63) is 46.3 Å². The van der Waals surface area contributed by atoms with E-state index in [1.165, 1.54) is 5.56 Å². The molecule has 2 aromatic rings. The Balaban J connectivity index is 1.99. The third-order valence-corrected chi connectivity index (χ3v) is 3.34. The lowest BCUT2D eigenvalue weighted by atomic mass is 10.2. The zero-order chi connectivity index (χ0) is 14.4. The Hall–Kier alpha value is -1.46. The Morgan fingerprint density at radius 2 is 2.10 bits per heavy atom. The van der Waals surface area contributed by atoms with Crippen LogP contribution in [0.5, 0.6) is 11.6 Å². The number of rotatable bonds is 6. The maximum absolute atomic E-state index is 5.70. The van der Waals surface area contributed by atoms with E-state index in [0.29, 0.717) is 5.88 Å². The molecule has 1 aromatic heterocycles. The fourth-order valence-electron chi connectivity index (χ4n) is 1.68. The zero-order valence-corrected chi connectivity index (χ0v) is 13.3. The van der Waals surface area contributed by atoms with Crippen molar-refractivity contribution < 1.29 is 4.74 Å². The molecule has 0 fully saturated rings. The molecule has 0 aliphatic rings. The SMILES string of the molecule is CCCNCc1cnc(Oc2ccc(C)cc2Br)cn1. The first-order valence-corrected chi connectivity index (χ1v) is 7.44. The van der Waals surface area contributed by atoms with Gasteiger partial charge in [-0.25, -0.2) is 4.98 Å². The summed E-state index contributed by atoms with van der Waals surface area (Å²) in [6.45, 7) is 5.88. The van der Waals surface area contributed by atoms with Crippen molar-refractivity contribution in [3.63, 3.8) is 0 Å². The monoisotopic (exact) mass is 335 g/mol. The third kappa shape index (κ3) is 4.28. The Morgan fingerprint density at radius 1 is 1.25 bits per heavy atom. The second-order valence-corrected chi connectivity index (χ2v) is 5.41. The standard InChI is InChI=1S/C15H18BrN3O/c1-3-6-17-8-12-9-19-15(10-18-12)20-14-5-4-11(2)7-13(14)16/h4-5,7,9-10,17H,3,6,8H2,1-2H3. The van der Waals surface area contributed by atoms with E-state index >= 15 is 0 Å². The Bertz CT molecular complexity index is 558. The van der Waals surface area contributed by atoms with Crippen LogP contribution in [-0.2, 0) is 6.54 Å². The van der Waals surface area contributed by atoms with Gasteiger partial charge in [0.25, 0.3) is 0 Å². The van der Waals surface area contributed by atoms with E-state index in [0.717, 1.165) is 35.4 Å². The predicted molar refractivity (Wildman–Crippen MR) is 83.0 cm³/mol. The van der Waals surface area contributed by atoms with E-state index in [9.17, 15) is 0 Å². The summed E-state index contributed by atoms with van der Waals surface area (Å²) in [6, 6.07) is 5.92. The number of nitrogens with zero attached hydrogens (tertiary/aromatic N) is 2. The molecule has 106 valence electrons. The lowest BCUT2D eigenvalue weighted by molar-refractivity contribution is 0.456. The molecule has 0 saturated carbocycles. The Kier molecular flexibility index (Phi) is 5.49. The van der Waals surface area contributed by atoms with Crippen molar-refractivity contribution in [1.82, 2.24) is 15.3 Å². The van der Waals surface area contributed by atoms with Crippen LogP contribution in [0.1, 0.15) is 24.6 Å². The smallest absolute Gasteiger partial charge is 0.237 e. The molecule has 0 radical (unpaired) electrons. The second kappa shape index (κ2) is 7.36. The summed E-state index contributed by atoms with van der Waals surface area (Å²) < 4.78 is 6.61. The van der Waals surface area contributed by atoms with E-state index in [-0.39, 0.29) is 0 Å². The van der Waals surface area contributed by atoms with Crippen molar-refractivity contribution in [3.8, 4) is 11.6 Å². The van der Waals surface area contributed by atoms with Gasteiger partial charge >= 0.3 is 0 Å². The molecule has 5 heteroatoms. The lowest BCUT2D eigenvalue weighted by Gasteiger charge is -2.08. The first kappa shape index (κ1) is 14.9. The number of nitrogens with one attached hydrogen (secondary N) is 1. The van der Waals surface area contributed by atoms with Gasteiger partial charge in [0.1, 0.15) is 5.75 Å². The van der Waals surface area contributed by atoms with Gasteiger partial charge in [0, 0.05) is 6.54 Å². The minimum atomic E-state index is 0.494. The van der Waals surface area contributed by atoms with Gasteiger partial charge in [0.15, 0.2) is 0 Å². The highest BCUT2D eigenvalue weighted by Gasteiger charge is 2.04. The molecule has 0 spiro atoms. The molecule has 4 nitrogen and oxygen atoms in total. The molecule has 0 aliphatic carbocycles. The predicted octanol–water partition coefficient (Wildman–Crippen LogP) is 3.84. The summed E-state index contributed by atoms with van der Waals surface area (Å²) in [6.07, 6.45) is 4.49. The van der Waals surface area contributed by atoms with Crippen molar-refractivity contribution in [2.45, 2.75) is 26.8 Å². The number of halogens is 1. The molecule has 0 aliphatic heterocycles. The fourth-order valence-corrected chi connectivity index (χ4v) is 2.26. The van der Waals surface area contributed by atoms with E-state index in [1.807, 2.05) is 25.1 Å². The van der Waals surface area contributed by atoms with E-state index in [1.54, 1.807) is 12.4 Å². The maximum atomic E-state index is 5.70. The van der Waals surface area contributed by atoms with Gasteiger partial charge in [-0.3, -0.25) is 4.98 Å². The number of hydrogen-bond donors (Lipinski definition) is 1. The average Bonchev–Trinajstić information content (AvgIpc) is 2.44. The van der Waals surface area contributed by atoms with E-state index < -0.39 is 0 Å². The molecule has 1 N–H and O–H groups in total. The van der Waals surface area contributed by atoms with Gasteiger partial charge in [-0.05, 0) is 53.5 Å². The van der Waals surface area contributed by atoms with Crippen LogP contribution in [0.3, 0.4) is 0 Å². The fraction of sp³-hybridized carbons (Fsp3) is 0.333. The van der Waals surface area contributed by atoms with Gasteiger partial charge in [-0.2, -0.15) is 0 Å². The minimum absolute atomic E-state index is 0.494. The molecule has 2 rings (SSSR count). The molecule has 0 amide bonds. The molecule has 1 aromatic carbocycles. The summed E-state index contributed by atoms with van der Waals surface area (Å²) >= 11 is 3.48. The second-order valence-electron chi connectivity index (χ2n) is 4.56. The third-order valence-electron chi connectivity index (χ3n) is 2.72. The van der Waals surface area contributed by atoms with Crippen LogP contribution in [0.2, 0.25) is 0 Å². The van der Waals surface area contributed by atoms with Crippen molar-refractivity contribution in [2.75, 3.05) is 6.54 Å². The number of ether oxygens (including phenoxy) is 1. The quantitative estimate of drug-likeness (QED) is 0.814. The van der Waals surface area contributed by atoms with Crippen LogP contribution in [-0.4, -0.2) is 16.5 Å². The summed E-state index contributed by atoms with van der Waals surface area (Å²) in [5, 5.41) is 3.29. The molecule has 1 heterocycles. The number of aromatic nitrogens is 2. The van der Waals surface area contributed by atoms with Gasteiger partial charge in [-0.15, -0.1) is 0 Å². The largest absolute Gasteiger partial charge is 0.436 e. The van der Waals surface area contributed by atoms with E-state index in [4.69, 9.17) is 4.74 Å². The first-order valence-electron chi connectivity index (χ1n) is 6.64. The normalized spacial score (nSPS) is 10.6. The summed E-state index contributed by atoms with van der Waals surface area (Å²) in [5.41, 5.74) is 2.08. The van der Waals surface area contributed by atoms with Crippen LogP contribution in [0.25, 0.3) is 0 Å². The Morgan fingerprint density at radius 3 is 2.75 bits per heavy atom. The van der Waals surface area contributed by atoms with Crippen molar-refractivity contribution in [1.29, 1.82) is 0 Å². The average molecular weight is 336 g/mol. The molecular formula is C15H18BrN3O. The van der Waals surface area contributed by atoms with Crippen LogP contribution >= 0.6 is 15.9 Å². The molecule has 0 atom stereocenters. The lowest BCUT2D eigenvalue weighted by Crippen LogP contribution is -2.14. The van der Waals surface area contributed by atoms with Gasteiger partial charge in [0.2, 0.25) is 5.88 Å². The van der Waals surface area contributed by atoms with E-state index in [2.05, 4.69) is 38.1 Å². The van der Waals surface area contributed by atoms with Crippen molar-refractivity contribution in [2.24, 2.45) is 0 Å². The van der Waals surface area contributed by atoms with Gasteiger partial charge in [-0.1, -0.05) is 13.0 Å². The summed E-state index contributed by atoms with van der Waals surface area (Å²) in [5.74, 6) is 1.23. The first-order chi connectivity index (χ1) is 9.69. The molecule has 0 unspecified atom stereocenters. The van der Waals surface area contributed by atoms with Crippen LogP contribution in [0.4, 0.5) is 0 Å². The number of hydrogen-bond acceptors (Lipinski definition) is 4. The molecule has 0 saturated heterocycles. The summed E-state index contributed by atoms with van der Waals surface area (Å²) in [7, 11) is 0. The Labute approximate surface area is 127 Å². The number of benzene rings is 1. The van der Waals surface area contributed by atoms with Crippen LogP contribution < -0.4 is 10.1 Å². The number of aryl methyl sites for hydroxylation is 1. The zero-order valence-electron chi connectivity index (χ0n) is 11.7.